The third-order valence-electron chi connectivity index (χ3n) is 4.42. The third kappa shape index (κ3) is 8.03. The topological polar surface area (TPSA) is 64.1 Å². The Balaban J connectivity index is 1.85. The van der Waals surface area contributed by atoms with E-state index in [-0.39, 0.29) is 0 Å². The monoisotopic (exact) mass is 399 g/mol. The maximum absolute atomic E-state index is 5.59. The molecule has 29 heavy (non-hydrogen) atoms. The Bertz CT molecular complexity index is 760. The van der Waals surface area contributed by atoms with E-state index in [4.69, 9.17) is 14.2 Å². The molecule has 2 aromatic carbocycles. The van der Waals surface area contributed by atoms with Crippen molar-refractivity contribution in [2.24, 2.45) is 4.99 Å². The van der Waals surface area contributed by atoms with Gasteiger partial charge in [-0.2, -0.15) is 0 Å². The number of methoxy groups -OCH3 is 2. The van der Waals surface area contributed by atoms with Crippen LogP contribution in [0.3, 0.4) is 0 Å². The fraction of sp³-hybridized carbons (Fsp3) is 0.435. The molecule has 0 unspecified atom stereocenters. The van der Waals surface area contributed by atoms with Crippen molar-refractivity contribution in [3.8, 4) is 11.5 Å². The highest BCUT2D eigenvalue weighted by Crippen LogP contribution is 2.19. The highest BCUT2D eigenvalue weighted by molar-refractivity contribution is 5.79. The van der Waals surface area contributed by atoms with Gasteiger partial charge in [-0.3, -0.25) is 0 Å². The quantitative estimate of drug-likeness (QED) is 0.345. The van der Waals surface area contributed by atoms with E-state index in [9.17, 15) is 0 Å². The van der Waals surface area contributed by atoms with Crippen LogP contribution in [0.5, 0.6) is 11.5 Å². The average Bonchev–Trinajstić information content (AvgIpc) is 2.74. The number of hydrogen-bond acceptors (Lipinski definition) is 4. The van der Waals surface area contributed by atoms with Gasteiger partial charge in [0, 0.05) is 20.2 Å². The highest BCUT2D eigenvalue weighted by atomic mass is 16.5. The van der Waals surface area contributed by atoms with Gasteiger partial charge in [-0.1, -0.05) is 24.3 Å². The van der Waals surface area contributed by atoms with E-state index in [2.05, 4.69) is 47.7 Å². The molecule has 0 saturated carbocycles. The van der Waals surface area contributed by atoms with Gasteiger partial charge in [0.25, 0.3) is 0 Å². The van der Waals surface area contributed by atoms with Crippen LogP contribution in [-0.2, 0) is 17.7 Å². The van der Waals surface area contributed by atoms with Crippen LogP contribution in [0, 0.1) is 6.92 Å². The van der Waals surface area contributed by atoms with Gasteiger partial charge >= 0.3 is 0 Å². The van der Waals surface area contributed by atoms with E-state index >= 15 is 0 Å². The summed E-state index contributed by atoms with van der Waals surface area (Å²) in [6.07, 6.45) is 0.897. The highest BCUT2D eigenvalue weighted by Gasteiger charge is 2.02. The molecule has 0 spiro atoms. The van der Waals surface area contributed by atoms with Crippen molar-refractivity contribution in [2.75, 3.05) is 40.5 Å². The molecule has 6 heteroatoms. The van der Waals surface area contributed by atoms with E-state index in [1.807, 2.05) is 24.3 Å². The van der Waals surface area contributed by atoms with Crippen LogP contribution < -0.4 is 20.1 Å². The molecule has 0 aromatic heterocycles. The molecular formula is C23H33N3O3. The second-order valence-corrected chi connectivity index (χ2v) is 6.66. The number of aryl methyl sites for hydroxylation is 1. The number of benzene rings is 2. The summed E-state index contributed by atoms with van der Waals surface area (Å²) in [4.78, 5) is 4.68. The number of ether oxygens (including phenoxy) is 3. The number of aliphatic imine (C=N–C) groups is 1. The zero-order chi connectivity index (χ0) is 20.9. The molecule has 158 valence electrons. The number of hydrogen-bond donors (Lipinski definition) is 2. The van der Waals surface area contributed by atoms with Gasteiger partial charge in [0.2, 0.25) is 0 Å². The molecule has 2 N–H and O–H groups in total. The molecule has 0 fully saturated rings. The fourth-order valence-electron chi connectivity index (χ4n) is 2.79. The Hall–Kier alpha value is -2.73. The minimum absolute atomic E-state index is 0.551. The molecule has 6 nitrogen and oxygen atoms in total. The first kappa shape index (κ1) is 22.6. The van der Waals surface area contributed by atoms with E-state index < -0.39 is 0 Å². The molecular weight excluding hydrogens is 366 g/mol. The van der Waals surface area contributed by atoms with Crippen molar-refractivity contribution in [1.82, 2.24) is 10.6 Å². The normalized spacial score (nSPS) is 11.2. The molecule has 0 heterocycles. The first-order valence-electron chi connectivity index (χ1n) is 10.0. The molecule has 2 rings (SSSR count). The third-order valence-corrected chi connectivity index (χ3v) is 4.42. The SMILES string of the molecule is CCNC(=NCc1ccc(OCCOC)cc1)NCCc1ccc(C)c(OC)c1. The summed E-state index contributed by atoms with van der Waals surface area (Å²) >= 11 is 0. The Morgan fingerprint density at radius 1 is 0.966 bits per heavy atom. The van der Waals surface area contributed by atoms with Gasteiger partial charge in [0.05, 0.1) is 20.3 Å². The minimum atomic E-state index is 0.551. The van der Waals surface area contributed by atoms with Crippen molar-refractivity contribution in [2.45, 2.75) is 26.8 Å². The van der Waals surface area contributed by atoms with E-state index in [1.165, 1.54) is 5.56 Å². The Morgan fingerprint density at radius 2 is 1.72 bits per heavy atom. The lowest BCUT2D eigenvalue weighted by Gasteiger charge is -2.12. The van der Waals surface area contributed by atoms with Crippen molar-refractivity contribution < 1.29 is 14.2 Å². The summed E-state index contributed by atoms with van der Waals surface area (Å²) in [6, 6.07) is 14.3. The van der Waals surface area contributed by atoms with Crippen molar-refractivity contribution >= 4 is 5.96 Å². The Morgan fingerprint density at radius 3 is 2.41 bits per heavy atom. The van der Waals surface area contributed by atoms with E-state index in [0.717, 1.165) is 48.1 Å². The second kappa shape index (κ2) is 12.7. The minimum Gasteiger partial charge on any atom is -0.496 e. The molecule has 2 aromatic rings. The molecule has 0 aliphatic heterocycles. The summed E-state index contributed by atoms with van der Waals surface area (Å²) < 4.78 is 16.0. The number of nitrogens with one attached hydrogen (secondary N) is 2. The van der Waals surface area contributed by atoms with Gasteiger partial charge in [-0.05, 0) is 55.2 Å². The van der Waals surface area contributed by atoms with Gasteiger partial charge < -0.3 is 24.8 Å². The van der Waals surface area contributed by atoms with E-state index in [1.54, 1.807) is 14.2 Å². The molecule has 0 amide bonds. The van der Waals surface area contributed by atoms with Crippen LogP contribution in [0.25, 0.3) is 0 Å². The number of nitrogens with zero attached hydrogens (tertiary/aromatic N) is 1. The molecule has 0 saturated heterocycles. The molecule has 0 radical (unpaired) electrons. The summed E-state index contributed by atoms with van der Waals surface area (Å²) in [5.41, 5.74) is 3.51. The molecule has 0 atom stereocenters. The van der Waals surface area contributed by atoms with Crippen LogP contribution in [-0.4, -0.2) is 46.5 Å². The average molecular weight is 400 g/mol. The molecule has 0 aliphatic carbocycles. The molecule has 0 bridgehead atoms. The first-order chi connectivity index (χ1) is 14.2. The van der Waals surface area contributed by atoms with Gasteiger partial charge in [-0.15, -0.1) is 0 Å². The van der Waals surface area contributed by atoms with Crippen LogP contribution in [0.4, 0.5) is 0 Å². The Kier molecular flexibility index (Phi) is 9.86. The summed E-state index contributed by atoms with van der Waals surface area (Å²) in [5.74, 6) is 2.58. The van der Waals surface area contributed by atoms with Gasteiger partial charge in [0.1, 0.15) is 18.1 Å². The maximum Gasteiger partial charge on any atom is 0.191 e. The van der Waals surface area contributed by atoms with Crippen LogP contribution in [0.1, 0.15) is 23.6 Å². The first-order valence-corrected chi connectivity index (χ1v) is 10.0. The fourth-order valence-corrected chi connectivity index (χ4v) is 2.79. The largest absolute Gasteiger partial charge is 0.496 e. The Labute approximate surface area is 174 Å². The lowest BCUT2D eigenvalue weighted by molar-refractivity contribution is 0.146. The standard InChI is InChI=1S/C23H33N3O3/c1-5-24-23(25-13-12-19-7-6-18(2)22(16-19)28-4)26-17-20-8-10-21(11-9-20)29-15-14-27-3/h6-11,16H,5,12-15,17H2,1-4H3,(H2,24,25,26). The van der Waals surface area contributed by atoms with Crippen LogP contribution in [0.2, 0.25) is 0 Å². The zero-order valence-corrected chi connectivity index (χ0v) is 18.0. The van der Waals surface area contributed by atoms with Crippen LogP contribution in [0.15, 0.2) is 47.5 Å². The van der Waals surface area contributed by atoms with Gasteiger partial charge in [0.15, 0.2) is 5.96 Å². The lowest BCUT2D eigenvalue weighted by Crippen LogP contribution is -2.38. The number of rotatable bonds is 11. The maximum atomic E-state index is 5.59. The van der Waals surface area contributed by atoms with Crippen molar-refractivity contribution in [3.05, 3.63) is 59.2 Å². The second-order valence-electron chi connectivity index (χ2n) is 6.66. The predicted molar refractivity (Wildman–Crippen MR) is 118 cm³/mol. The summed E-state index contributed by atoms with van der Waals surface area (Å²) in [6.45, 7) is 7.46. The lowest BCUT2D eigenvalue weighted by atomic mass is 10.1. The summed E-state index contributed by atoms with van der Waals surface area (Å²) in [5, 5.41) is 6.69. The zero-order valence-electron chi connectivity index (χ0n) is 18.0. The predicted octanol–water partition coefficient (Wildman–Crippen LogP) is 3.33. The smallest absolute Gasteiger partial charge is 0.191 e. The van der Waals surface area contributed by atoms with Gasteiger partial charge in [-0.25, -0.2) is 4.99 Å². The summed E-state index contributed by atoms with van der Waals surface area (Å²) in [7, 11) is 3.37. The van der Waals surface area contributed by atoms with Crippen molar-refractivity contribution in [3.63, 3.8) is 0 Å². The van der Waals surface area contributed by atoms with Crippen LogP contribution >= 0.6 is 0 Å². The molecule has 0 aliphatic rings. The number of guanidine groups is 1. The van der Waals surface area contributed by atoms with Crippen molar-refractivity contribution in [1.29, 1.82) is 0 Å². The van der Waals surface area contributed by atoms with E-state index in [0.29, 0.717) is 19.8 Å².